The Morgan fingerprint density at radius 1 is 0.893 bits per heavy atom. The van der Waals surface area contributed by atoms with Crippen LogP contribution in [-0.2, 0) is 4.79 Å². The Kier molecular flexibility index (Phi) is 7.28. The van der Waals surface area contributed by atoms with Gasteiger partial charge in [0.2, 0.25) is 11.7 Å². The fourth-order valence-electron chi connectivity index (χ4n) is 2.56. The third-order valence-corrected chi connectivity index (χ3v) is 4.05. The lowest BCUT2D eigenvalue weighted by atomic mass is 10.1. The highest BCUT2D eigenvalue weighted by Crippen LogP contribution is 2.38. The summed E-state index contributed by atoms with van der Waals surface area (Å²) in [5.41, 5.74) is 7.92. The minimum atomic E-state index is -0.622. The first-order valence-corrected chi connectivity index (χ1v) is 8.66. The number of ether oxygens (including phenoxy) is 4. The van der Waals surface area contributed by atoms with E-state index < -0.39 is 6.04 Å². The topological polar surface area (TPSA) is 92.0 Å². The molecule has 7 heteroatoms. The van der Waals surface area contributed by atoms with Crippen molar-refractivity contribution in [2.45, 2.75) is 13.0 Å². The van der Waals surface area contributed by atoms with E-state index in [-0.39, 0.29) is 5.91 Å². The normalized spacial score (nSPS) is 11.8. The highest BCUT2D eigenvalue weighted by Gasteiger charge is 2.13. The summed E-state index contributed by atoms with van der Waals surface area (Å²) < 4.78 is 21.4. The van der Waals surface area contributed by atoms with Crippen molar-refractivity contribution in [1.82, 2.24) is 0 Å². The van der Waals surface area contributed by atoms with Crippen molar-refractivity contribution >= 4 is 23.7 Å². The summed E-state index contributed by atoms with van der Waals surface area (Å²) in [6.07, 6.45) is 3.81. The van der Waals surface area contributed by atoms with Gasteiger partial charge in [-0.3, -0.25) is 4.79 Å². The number of rotatable bonds is 8. The lowest BCUT2D eigenvalue weighted by Crippen LogP contribution is -2.32. The van der Waals surface area contributed by atoms with Crippen LogP contribution in [0, 0.1) is 0 Å². The van der Waals surface area contributed by atoms with E-state index >= 15 is 0 Å². The molecule has 3 N–H and O–H groups in total. The third kappa shape index (κ3) is 4.95. The molecule has 28 heavy (non-hydrogen) atoms. The molecule has 2 aromatic rings. The zero-order valence-electron chi connectivity index (χ0n) is 16.7. The van der Waals surface area contributed by atoms with Crippen LogP contribution in [0.5, 0.6) is 23.0 Å². The van der Waals surface area contributed by atoms with Gasteiger partial charge in [0.15, 0.2) is 11.5 Å². The molecule has 0 saturated heterocycles. The molecule has 0 radical (unpaired) electrons. The predicted octanol–water partition coefficient (Wildman–Crippen LogP) is 3.18. The number of methoxy groups -OCH3 is 4. The summed E-state index contributed by atoms with van der Waals surface area (Å²) in [7, 11) is 6.25. The Hall–Kier alpha value is -3.19. The first kappa shape index (κ1) is 21.1. The van der Waals surface area contributed by atoms with Gasteiger partial charge in [-0.1, -0.05) is 18.2 Å². The molecule has 0 unspecified atom stereocenters. The SMILES string of the molecule is COc1ccc(C=Cc2cc(OC)c(OC)c(OC)c2)cc1NC(=O)[C@H](C)N. The Balaban J connectivity index is 2.34. The van der Waals surface area contributed by atoms with Crippen molar-refractivity contribution in [3.8, 4) is 23.0 Å². The zero-order chi connectivity index (χ0) is 20.7. The second-order valence-corrected chi connectivity index (χ2v) is 6.03. The molecule has 0 aliphatic carbocycles. The van der Waals surface area contributed by atoms with E-state index in [1.807, 2.05) is 36.4 Å². The van der Waals surface area contributed by atoms with Crippen molar-refractivity contribution in [1.29, 1.82) is 0 Å². The van der Waals surface area contributed by atoms with E-state index in [2.05, 4.69) is 5.32 Å². The van der Waals surface area contributed by atoms with Gasteiger partial charge in [0, 0.05) is 0 Å². The van der Waals surface area contributed by atoms with Gasteiger partial charge in [-0.15, -0.1) is 0 Å². The Bertz CT molecular complexity index is 837. The van der Waals surface area contributed by atoms with Gasteiger partial charge < -0.3 is 30.0 Å². The summed E-state index contributed by atoms with van der Waals surface area (Å²) in [5, 5.41) is 2.77. The number of anilines is 1. The van der Waals surface area contributed by atoms with Crippen molar-refractivity contribution in [3.05, 3.63) is 41.5 Å². The number of nitrogens with one attached hydrogen (secondary N) is 1. The molecule has 7 nitrogen and oxygen atoms in total. The van der Waals surface area contributed by atoms with Crippen LogP contribution in [0.1, 0.15) is 18.1 Å². The van der Waals surface area contributed by atoms with Crippen LogP contribution in [0.25, 0.3) is 12.2 Å². The van der Waals surface area contributed by atoms with Gasteiger partial charge in [-0.05, 0) is 42.3 Å². The van der Waals surface area contributed by atoms with Crippen molar-refractivity contribution < 1.29 is 23.7 Å². The first-order valence-electron chi connectivity index (χ1n) is 8.66. The van der Waals surface area contributed by atoms with E-state index in [9.17, 15) is 4.79 Å². The predicted molar refractivity (Wildman–Crippen MR) is 110 cm³/mol. The number of carbonyl (C=O) groups is 1. The maximum absolute atomic E-state index is 11.9. The van der Waals surface area contributed by atoms with Gasteiger partial charge in [0.1, 0.15) is 5.75 Å². The first-order chi connectivity index (χ1) is 13.4. The number of amides is 1. The average molecular weight is 386 g/mol. The molecule has 1 atom stereocenters. The monoisotopic (exact) mass is 386 g/mol. The molecule has 0 fully saturated rings. The van der Waals surface area contributed by atoms with Crippen molar-refractivity contribution in [2.75, 3.05) is 33.8 Å². The molecule has 1 amide bonds. The fourth-order valence-corrected chi connectivity index (χ4v) is 2.56. The molecule has 0 aromatic heterocycles. The maximum atomic E-state index is 11.9. The van der Waals surface area contributed by atoms with Crippen LogP contribution >= 0.6 is 0 Å². The second-order valence-electron chi connectivity index (χ2n) is 6.03. The van der Waals surface area contributed by atoms with E-state index in [0.717, 1.165) is 11.1 Å². The lowest BCUT2D eigenvalue weighted by Gasteiger charge is -2.13. The van der Waals surface area contributed by atoms with Gasteiger partial charge in [0.05, 0.1) is 40.2 Å². The van der Waals surface area contributed by atoms with Gasteiger partial charge >= 0.3 is 0 Å². The number of hydrogen-bond donors (Lipinski definition) is 2. The minimum absolute atomic E-state index is 0.288. The summed E-state index contributed by atoms with van der Waals surface area (Å²) in [6, 6.07) is 8.55. The van der Waals surface area contributed by atoms with E-state index in [1.165, 1.54) is 0 Å². The van der Waals surface area contributed by atoms with Crippen LogP contribution in [0.2, 0.25) is 0 Å². The van der Waals surface area contributed by atoms with E-state index in [0.29, 0.717) is 28.7 Å². The summed E-state index contributed by atoms with van der Waals surface area (Å²) in [6.45, 7) is 1.62. The van der Waals surface area contributed by atoms with Crippen LogP contribution in [0.15, 0.2) is 30.3 Å². The average Bonchev–Trinajstić information content (AvgIpc) is 2.71. The number of benzene rings is 2. The standard InChI is InChI=1S/C21H26N2O5/c1-13(22)21(24)23-16-10-14(8-9-17(16)25-2)6-7-15-11-18(26-3)20(28-5)19(12-15)27-4/h6-13H,22H2,1-5H3,(H,23,24)/t13-/m0/s1. The molecule has 2 aromatic carbocycles. The van der Waals surface area contributed by atoms with Crippen LogP contribution in [-0.4, -0.2) is 40.4 Å². The van der Waals surface area contributed by atoms with Crippen molar-refractivity contribution in [2.24, 2.45) is 5.73 Å². The Morgan fingerprint density at radius 3 is 1.96 bits per heavy atom. The summed E-state index contributed by atoms with van der Waals surface area (Å²) in [4.78, 5) is 11.9. The van der Waals surface area contributed by atoms with Gasteiger partial charge in [-0.2, -0.15) is 0 Å². The molecule has 150 valence electrons. The number of hydrogen-bond acceptors (Lipinski definition) is 6. The lowest BCUT2D eigenvalue weighted by molar-refractivity contribution is -0.117. The molecule has 0 saturated carbocycles. The van der Waals surface area contributed by atoms with Crippen LogP contribution in [0.4, 0.5) is 5.69 Å². The summed E-state index contributed by atoms with van der Waals surface area (Å²) in [5.74, 6) is 1.94. The van der Waals surface area contributed by atoms with Crippen molar-refractivity contribution in [3.63, 3.8) is 0 Å². The van der Waals surface area contributed by atoms with Crippen LogP contribution < -0.4 is 30.0 Å². The molecule has 0 aliphatic rings. The second kappa shape index (κ2) is 9.66. The Morgan fingerprint density at radius 2 is 1.46 bits per heavy atom. The molecule has 0 spiro atoms. The smallest absolute Gasteiger partial charge is 0.241 e. The van der Waals surface area contributed by atoms with E-state index in [1.54, 1.807) is 41.4 Å². The van der Waals surface area contributed by atoms with Crippen LogP contribution in [0.3, 0.4) is 0 Å². The molecular weight excluding hydrogens is 360 g/mol. The zero-order valence-corrected chi connectivity index (χ0v) is 16.7. The highest BCUT2D eigenvalue weighted by atomic mass is 16.5. The third-order valence-electron chi connectivity index (χ3n) is 4.05. The maximum Gasteiger partial charge on any atom is 0.241 e. The Labute approximate surface area is 165 Å². The molecule has 2 rings (SSSR count). The van der Waals surface area contributed by atoms with Gasteiger partial charge in [-0.25, -0.2) is 0 Å². The van der Waals surface area contributed by atoms with E-state index in [4.69, 9.17) is 24.7 Å². The molecule has 0 aliphatic heterocycles. The molecule has 0 bridgehead atoms. The minimum Gasteiger partial charge on any atom is -0.495 e. The van der Waals surface area contributed by atoms with Gasteiger partial charge in [0.25, 0.3) is 0 Å². The highest BCUT2D eigenvalue weighted by molar-refractivity contribution is 5.96. The molecular formula is C21H26N2O5. The largest absolute Gasteiger partial charge is 0.495 e. The molecule has 0 heterocycles. The fraction of sp³-hybridized carbons (Fsp3) is 0.286. The number of carbonyl (C=O) groups excluding carboxylic acids is 1. The number of nitrogens with two attached hydrogens (primary N) is 1. The quantitative estimate of drug-likeness (QED) is 0.677. The summed E-state index contributed by atoms with van der Waals surface area (Å²) >= 11 is 0.